The molecule has 1 unspecified atom stereocenters. The van der Waals surface area contributed by atoms with Crippen molar-refractivity contribution >= 4 is 34.2 Å². The Labute approximate surface area is 151 Å². The van der Waals surface area contributed by atoms with Gasteiger partial charge in [0, 0.05) is 9.26 Å². The van der Waals surface area contributed by atoms with Crippen LogP contribution in [0.3, 0.4) is 0 Å². The zero-order valence-corrected chi connectivity index (χ0v) is 14.7. The van der Waals surface area contributed by atoms with Crippen LogP contribution in [-0.2, 0) is 4.74 Å². The lowest BCUT2D eigenvalue weighted by molar-refractivity contribution is -0.139. The fraction of sp³-hybridized carbons (Fsp3) is 0.235. The molecular weight excluding hydrogens is 434 g/mol. The Morgan fingerprint density at radius 2 is 1.71 bits per heavy atom. The fourth-order valence-corrected chi connectivity index (χ4v) is 2.69. The van der Waals surface area contributed by atoms with Gasteiger partial charge in [-0.2, -0.15) is 13.2 Å². The van der Waals surface area contributed by atoms with Crippen LogP contribution in [0.4, 0.5) is 18.9 Å². The minimum atomic E-state index is -4.36. The van der Waals surface area contributed by atoms with Gasteiger partial charge in [0.1, 0.15) is 6.61 Å². The highest BCUT2D eigenvalue weighted by atomic mass is 127. The van der Waals surface area contributed by atoms with Crippen molar-refractivity contribution in [2.24, 2.45) is 0 Å². The van der Waals surface area contributed by atoms with Gasteiger partial charge in [0.25, 0.3) is 0 Å². The summed E-state index contributed by atoms with van der Waals surface area (Å²) in [6.45, 7) is -0.377. The lowest BCUT2D eigenvalue weighted by Crippen LogP contribution is -2.32. The van der Waals surface area contributed by atoms with Gasteiger partial charge in [-0.1, -0.05) is 30.3 Å². The van der Waals surface area contributed by atoms with Crippen molar-refractivity contribution in [2.75, 3.05) is 11.9 Å². The molecule has 2 rings (SSSR count). The van der Waals surface area contributed by atoms with Gasteiger partial charge in [-0.3, -0.25) is 0 Å². The highest BCUT2D eigenvalue weighted by molar-refractivity contribution is 14.1. The average molecular weight is 449 g/mol. The smallest absolute Gasteiger partial charge is 0.391 e. The molecule has 1 N–H and O–H groups in total. The Hall–Kier alpha value is -1.77. The van der Waals surface area contributed by atoms with Crippen LogP contribution in [0.5, 0.6) is 0 Å². The summed E-state index contributed by atoms with van der Waals surface area (Å²) < 4.78 is 44.0. The molecule has 2 aromatic rings. The summed E-state index contributed by atoms with van der Waals surface area (Å²) in [5.41, 5.74) is 0.876. The van der Waals surface area contributed by atoms with Crippen LogP contribution in [-0.4, -0.2) is 24.8 Å². The normalized spacial score (nSPS) is 12.5. The first-order chi connectivity index (χ1) is 11.3. The number of halogens is 4. The van der Waals surface area contributed by atoms with E-state index in [2.05, 4.69) is 5.32 Å². The first-order valence-electron chi connectivity index (χ1n) is 7.15. The number of benzene rings is 2. The van der Waals surface area contributed by atoms with Crippen LogP contribution in [0.2, 0.25) is 0 Å². The van der Waals surface area contributed by atoms with Gasteiger partial charge < -0.3 is 10.1 Å². The molecule has 0 aliphatic rings. The molecule has 0 aliphatic carbocycles. The molecule has 0 saturated carbocycles. The summed E-state index contributed by atoms with van der Waals surface area (Å²) in [7, 11) is 0. The Bertz CT molecular complexity index is 677. The van der Waals surface area contributed by atoms with E-state index in [1.807, 2.05) is 22.6 Å². The summed E-state index contributed by atoms with van der Waals surface area (Å²) in [4.78, 5) is 12.1. The van der Waals surface area contributed by atoms with E-state index < -0.39 is 24.6 Å². The maximum Gasteiger partial charge on any atom is 0.391 e. The van der Waals surface area contributed by atoms with E-state index in [1.54, 1.807) is 54.6 Å². The van der Waals surface area contributed by atoms with E-state index >= 15 is 0 Å². The van der Waals surface area contributed by atoms with Crippen LogP contribution in [0.25, 0.3) is 0 Å². The van der Waals surface area contributed by atoms with E-state index in [4.69, 9.17) is 4.74 Å². The standard InChI is InChI=1S/C17H15F3INO2/c18-17(19,20)10-13(22-12-6-2-1-3-7-12)11-24-16(23)14-8-4-5-9-15(14)21/h1-9,13,22H,10-11H2. The van der Waals surface area contributed by atoms with Crippen molar-refractivity contribution < 1.29 is 22.7 Å². The molecule has 24 heavy (non-hydrogen) atoms. The summed E-state index contributed by atoms with van der Waals surface area (Å²) >= 11 is 1.98. The predicted octanol–water partition coefficient (Wildman–Crippen LogP) is 4.88. The number of ether oxygens (including phenoxy) is 1. The molecule has 0 aliphatic heterocycles. The molecule has 0 bridgehead atoms. The first-order valence-corrected chi connectivity index (χ1v) is 8.23. The number of hydrogen-bond acceptors (Lipinski definition) is 3. The van der Waals surface area contributed by atoms with E-state index in [1.165, 1.54) is 0 Å². The van der Waals surface area contributed by atoms with Crippen LogP contribution >= 0.6 is 22.6 Å². The third kappa shape index (κ3) is 6.03. The van der Waals surface area contributed by atoms with Gasteiger partial charge >= 0.3 is 12.1 Å². The molecule has 0 fully saturated rings. The first kappa shape index (κ1) is 18.6. The number of rotatable bonds is 6. The van der Waals surface area contributed by atoms with Crippen molar-refractivity contribution in [3.8, 4) is 0 Å². The molecule has 0 radical (unpaired) electrons. The number of alkyl halides is 3. The van der Waals surface area contributed by atoms with Crippen molar-refractivity contribution in [1.29, 1.82) is 0 Å². The number of nitrogens with one attached hydrogen (secondary N) is 1. The van der Waals surface area contributed by atoms with Crippen molar-refractivity contribution in [3.63, 3.8) is 0 Å². The van der Waals surface area contributed by atoms with Gasteiger partial charge in [-0.25, -0.2) is 4.79 Å². The van der Waals surface area contributed by atoms with Gasteiger partial charge in [-0.05, 0) is 46.9 Å². The molecule has 1 atom stereocenters. The Kier molecular flexibility index (Phi) is 6.47. The van der Waals surface area contributed by atoms with E-state index in [0.29, 0.717) is 14.8 Å². The third-order valence-corrected chi connectivity index (χ3v) is 4.07. The zero-order valence-electron chi connectivity index (χ0n) is 12.5. The van der Waals surface area contributed by atoms with Crippen molar-refractivity contribution in [1.82, 2.24) is 0 Å². The molecule has 0 heterocycles. The number of hydrogen-bond donors (Lipinski definition) is 1. The lowest BCUT2D eigenvalue weighted by Gasteiger charge is -2.21. The van der Waals surface area contributed by atoms with Crippen LogP contribution in [0, 0.1) is 3.57 Å². The summed E-state index contributed by atoms with van der Waals surface area (Å²) in [6, 6.07) is 14.2. The molecule has 0 spiro atoms. The summed E-state index contributed by atoms with van der Waals surface area (Å²) in [5.74, 6) is -0.637. The van der Waals surface area contributed by atoms with Gasteiger partial charge in [0.2, 0.25) is 0 Å². The molecule has 128 valence electrons. The third-order valence-electron chi connectivity index (χ3n) is 3.13. The maximum absolute atomic E-state index is 12.7. The SMILES string of the molecule is O=C(OCC(CC(F)(F)F)Nc1ccccc1)c1ccccc1I. The Morgan fingerprint density at radius 3 is 2.33 bits per heavy atom. The van der Waals surface area contributed by atoms with Gasteiger partial charge in [-0.15, -0.1) is 0 Å². The number of carbonyl (C=O) groups is 1. The van der Waals surface area contributed by atoms with Crippen molar-refractivity contribution in [3.05, 3.63) is 63.7 Å². The number of para-hydroxylation sites is 1. The molecule has 7 heteroatoms. The summed E-state index contributed by atoms with van der Waals surface area (Å²) in [6.07, 6.45) is -5.46. The second-order valence-corrected chi connectivity index (χ2v) is 6.27. The van der Waals surface area contributed by atoms with E-state index in [-0.39, 0.29) is 6.61 Å². The molecular formula is C17H15F3INO2. The van der Waals surface area contributed by atoms with E-state index in [9.17, 15) is 18.0 Å². The maximum atomic E-state index is 12.7. The van der Waals surface area contributed by atoms with Gasteiger partial charge in [0.15, 0.2) is 0 Å². The molecule has 0 saturated heterocycles. The Balaban J connectivity index is 2.02. The Morgan fingerprint density at radius 1 is 1.08 bits per heavy atom. The predicted molar refractivity (Wildman–Crippen MR) is 94.0 cm³/mol. The van der Waals surface area contributed by atoms with Crippen LogP contribution in [0.15, 0.2) is 54.6 Å². The number of esters is 1. The fourth-order valence-electron chi connectivity index (χ4n) is 2.08. The number of anilines is 1. The van der Waals surface area contributed by atoms with Gasteiger partial charge in [0.05, 0.1) is 18.0 Å². The van der Waals surface area contributed by atoms with Crippen LogP contribution < -0.4 is 5.32 Å². The monoisotopic (exact) mass is 449 g/mol. The molecule has 2 aromatic carbocycles. The quantitative estimate of drug-likeness (QED) is 0.505. The second kappa shape index (κ2) is 8.36. The van der Waals surface area contributed by atoms with Crippen molar-refractivity contribution in [2.45, 2.75) is 18.6 Å². The second-order valence-electron chi connectivity index (χ2n) is 5.10. The van der Waals surface area contributed by atoms with E-state index in [0.717, 1.165) is 0 Å². The topological polar surface area (TPSA) is 38.3 Å². The minimum absolute atomic E-state index is 0.337. The molecule has 0 aromatic heterocycles. The largest absolute Gasteiger partial charge is 0.460 e. The molecule has 3 nitrogen and oxygen atoms in total. The van der Waals surface area contributed by atoms with Crippen LogP contribution in [0.1, 0.15) is 16.8 Å². The molecule has 0 amide bonds. The lowest BCUT2D eigenvalue weighted by atomic mass is 10.2. The summed E-state index contributed by atoms with van der Waals surface area (Å²) in [5, 5.41) is 2.76. The minimum Gasteiger partial charge on any atom is -0.460 e. The number of carbonyl (C=O) groups excluding carboxylic acids is 1. The zero-order chi connectivity index (χ0) is 17.6. The average Bonchev–Trinajstić information content (AvgIpc) is 2.52. The highest BCUT2D eigenvalue weighted by Gasteiger charge is 2.32. The highest BCUT2D eigenvalue weighted by Crippen LogP contribution is 2.24.